The Kier molecular flexibility index (Phi) is 4.85. The Hall–Kier alpha value is -0.780. The molecular formula is C6H4F10O2. The molecule has 0 atom stereocenters. The predicted molar refractivity (Wildman–Crippen MR) is 33.9 cm³/mol. The Labute approximate surface area is 92.4 Å². The van der Waals surface area contributed by atoms with Crippen molar-refractivity contribution in [3.05, 3.63) is 0 Å². The van der Waals surface area contributed by atoms with Crippen LogP contribution in [0, 0.1) is 0 Å². The van der Waals surface area contributed by atoms with Crippen molar-refractivity contribution in [3.8, 4) is 0 Å². The van der Waals surface area contributed by atoms with Crippen molar-refractivity contribution in [1.29, 1.82) is 0 Å². The summed E-state index contributed by atoms with van der Waals surface area (Å²) in [6.45, 7) is -5.07. The molecule has 0 N–H and O–H groups in total. The van der Waals surface area contributed by atoms with Gasteiger partial charge in [-0.25, -0.2) is 9.78 Å². The smallest absolute Gasteiger partial charge is 0.230 e. The third-order valence-corrected chi connectivity index (χ3v) is 1.39. The van der Waals surface area contributed by atoms with Gasteiger partial charge in [-0.2, -0.15) is 43.9 Å². The third kappa shape index (κ3) is 4.48. The quantitative estimate of drug-likeness (QED) is 0.335. The standard InChI is InChI=1S/C6H4F10O2/c7-3(8,5(11,12)13)1-17-18-2-4(9,10)6(14,15)16/h1-2H2. The van der Waals surface area contributed by atoms with Crippen molar-refractivity contribution in [3.63, 3.8) is 0 Å². The van der Waals surface area contributed by atoms with E-state index < -0.39 is 37.4 Å². The molecular weight excluding hydrogens is 294 g/mol. The van der Waals surface area contributed by atoms with E-state index in [1.54, 1.807) is 0 Å². The van der Waals surface area contributed by atoms with Gasteiger partial charge in [0.1, 0.15) is 0 Å². The summed E-state index contributed by atoms with van der Waals surface area (Å²) in [6, 6.07) is 0. The van der Waals surface area contributed by atoms with Gasteiger partial charge in [0.25, 0.3) is 0 Å². The average molecular weight is 298 g/mol. The first-order valence-corrected chi connectivity index (χ1v) is 3.84. The minimum Gasteiger partial charge on any atom is -0.230 e. The monoisotopic (exact) mass is 298 g/mol. The van der Waals surface area contributed by atoms with Crippen molar-refractivity contribution in [2.45, 2.75) is 24.2 Å². The lowest BCUT2D eigenvalue weighted by atomic mass is 10.3. The molecule has 0 aliphatic rings. The van der Waals surface area contributed by atoms with Gasteiger partial charge < -0.3 is 0 Å². The number of rotatable bonds is 5. The van der Waals surface area contributed by atoms with Crippen LogP contribution < -0.4 is 0 Å². The Morgan fingerprint density at radius 2 is 0.722 bits per heavy atom. The molecule has 110 valence electrons. The molecule has 0 saturated carbocycles. The van der Waals surface area contributed by atoms with Gasteiger partial charge in [0, 0.05) is 0 Å². The fourth-order valence-electron chi connectivity index (χ4n) is 0.395. The lowest BCUT2D eigenvalue weighted by Gasteiger charge is -2.21. The summed E-state index contributed by atoms with van der Waals surface area (Å²) in [5, 5.41) is 0. The van der Waals surface area contributed by atoms with Gasteiger partial charge in [-0.05, 0) is 0 Å². The Bertz CT molecular complexity index is 239. The first-order chi connectivity index (χ1) is 7.71. The van der Waals surface area contributed by atoms with E-state index in [0.717, 1.165) is 0 Å². The Morgan fingerprint density at radius 1 is 0.500 bits per heavy atom. The fraction of sp³-hybridized carbons (Fsp3) is 1.00. The minimum absolute atomic E-state index is 2.54. The molecule has 18 heavy (non-hydrogen) atoms. The van der Waals surface area contributed by atoms with Crippen LogP contribution in [0.3, 0.4) is 0 Å². The molecule has 0 heterocycles. The average Bonchev–Trinajstić information content (AvgIpc) is 2.08. The number of alkyl halides is 10. The summed E-state index contributed by atoms with van der Waals surface area (Å²) in [6.07, 6.45) is -12.1. The van der Waals surface area contributed by atoms with Crippen molar-refractivity contribution in [1.82, 2.24) is 0 Å². The van der Waals surface area contributed by atoms with E-state index in [1.165, 1.54) is 0 Å². The van der Waals surface area contributed by atoms with Crippen LogP contribution in [0.15, 0.2) is 0 Å². The van der Waals surface area contributed by atoms with E-state index in [2.05, 4.69) is 9.78 Å². The van der Waals surface area contributed by atoms with Crippen molar-refractivity contribution >= 4 is 0 Å². The van der Waals surface area contributed by atoms with Gasteiger partial charge in [0.15, 0.2) is 13.2 Å². The SMILES string of the molecule is FC(F)(F)C(F)(F)COOCC(F)(F)C(F)(F)F. The largest absolute Gasteiger partial charge is 0.455 e. The van der Waals surface area contributed by atoms with E-state index in [1.807, 2.05) is 0 Å². The van der Waals surface area contributed by atoms with Crippen LogP contribution in [-0.2, 0) is 9.78 Å². The summed E-state index contributed by atoms with van der Waals surface area (Å²) in [5.74, 6) is -10.9. The van der Waals surface area contributed by atoms with Gasteiger partial charge >= 0.3 is 24.2 Å². The van der Waals surface area contributed by atoms with Crippen LogP contribution in [0.1, 0.15) is 0 Å². The van der Waals surface area contributed by atoms with Crippen LogP contribution >= 0.6 is 0 Å². The zero-order chi connectivity index (χ0) is 14.8. The first-order valence-electron chi connectivity index (χ1n) is 3.84. The van der Waals surface area contributed by atoms with Crippen LogP contribution in [0.2, 0.25) is 0 Å². The van der Waals surface area contributed by atoms with Gasteiger partial charge in [0.05, 0.1) is 0 Å². The molecule has 0 aliphatic carbocycles. The van der Waals surface area contributed by atoms with Crippen molar-refractivity contribution in [2.24, 2.45) is 0 Å². The second-order valence-corrected chi connectivity index (χ2v) is 2.93. The molecule has 0 bridgehead atoms. The predicted octanol–water partition coefficient (Wildman–Crippen LogP) is 3.33. The Balaban J connectivity index is 4.17. The summed E-state index contributed by atoms with van der Waals surface area (Å²) in [7, 11) is 0. The highest BCUT2D eigenvalue weighted by Crippen LogP contribution is 2.37. The van der Waals surface area contributed by atoms with Crippen LogP contribution in [-0.4, -0.2) is 37.4 Å². The summed E-state index contributed by atoms with van der Waals surface area (Å²) >= 11 is 0. The van der Waals surface area contributed by atoms with E-state index in [4.69, 9.17) is 0 Å². The highest BCUT2D eigenvalue weighted by molar-refractivity contribution is 4.75. The molecule has 0 amide bonds. The van der Waals surface area contributed by atoms with E-state index in [0.29, 0.717) is 0 Å². The number of hydrogen-bond acceptors (Lipinski definition) is 2. The first kappa shape index (κ1) is 17.2. The lowest BCUT2D eigenvalue weighted by Crippen LogP contribution is -2.43. The van der Waals surface area contributed by atoms with E-state index in [9.17, 15) is 43.9 Å². The minimum atomic E-state index is -6.04. The zero-order valence-corrected chi connectivity index (χ0v) is 8.01. The molecule has 0 aromatic rings. The van der Waals surface area contributed by atoms with Crippen molar-refractivity contribution < 1.29 is 53.7 Å². The second kappa shape index (κ2) is 5.07. The highest BCUT2D eigenvalue weighted by atomic mass is 19.4. The summed E-state index contributed by atoms with van der Waals surface area (Å²) < 4.78 is 117. The maximum absolute atomic E-state index is 12.0. The van der Waals surface area contributed by atoms with Crippen LogP contribution in [0.25, 0.3) is 0 Å². The summed E-state index contributed by atoms with van der Waals surface area (Å²) in [4.78, 5) is 6.01. The second-order valence-electron chi connectivity index (χ2n) is 2.93. The van der Waals surface area contributed by atoms with Gasteiger partial charge in [-0.15, -0.1) is 0 Å². The maximum Gasteiger partial charge on any atom is 0.455 e. The van der Waals surface area contributed by atoms with E-state index >= 15 is 0 Å². The third-order valence-electron chi connectivity index (χ3n) is 1.39. The molecule has 0 rings (SSSR count). The molecule has 0 radical (unpaired) electrons. The number of halogens is 10. The van der Waals surface area contributed by atoms with Gasteiger partial charge in [0.2, 0.25) is 0 Å². The number of hydrogen-bond donors (Lipinski definition) is 0. The molecule has 0 aromatic carbocycles. The fourth-order valence-corrected chi connectivity index (χ4v) is 0.395. The van der Waals surface area contributed by atoms with Crippen molar-refractivity contribution in [2.75, 3.05) is 13.2 Å². The normalized spacial score (nSPS) is 15.0. The van der Waals surface area contributed by atoms with E-state index in [-0.39, 0.29) is 0 Å². The highest BCUT2D eigenvalue weighted by Gasteiger charge is 2.59. The molecule has 0 saturated heterocycles. The topological polar surface area (TPSA) is 18.5 Å². The van der Waals surface area contributed by atoms with Gasteiger partial charge in [-0.1, -0.05) is 0 Å². The van der Waals surface area contributed by atoms with Crippen LogP contribution in [0.5, 0.6) is 0 Å². The lowest BCUT2D eigenvalue weighted by molar-refractivity contribution is -0.397. The van der Waals surface area contributed by atoms with Gasteiger partial charge in [-0.3, -0.25) is 0 Å². The van der Waals surface area contributed by atoms with Crippen LogP contribution in [0.4, 0.5) is 43.9 Å². The maximum atomic E-state index is 12.0. The summed E-state index contributed by atoms with van der Waals surface area (Å²) in [5.41, 5.74) is 0. The molecule has 0 unspecified atom stereocenters. The molecule has 0 fully saturated rings. The Morgan fingerprint density at radius 3 is 0.889 bits per heavy atom. The molecule has 0 aromatic heterocycles. The molecule has 0 spiro atoms. The molecule has 12 heteroatoms. The molecule has 2 nitrogen and oxygen atoms in total. The molecule has 0 aliphatic heterocycles. The zero-order valence-electron chi connectivity index (χ0n) is 8.01.